The predicted molar refractivity (Wildman–Crippen MR) is 99.0 cm³/mol. The molecule has 3 aromatic rings. The number of esters is 1. The lowest BCUT2D eigenvalue weighted by Crippen LogP contribution is -2.17. The van der Waals surface area contributed by atoms with E-state index >= 15 is 0 Å². The third kappa shape index (κ3) is 4.38. The standard InChI is InChI=1S/C19H12ClF3N2O5/c1-29-18(28)14-15(10-2-4-11(20)5-3-10)24-25(16(14)17(26)27)12-6-8-13(9-7-12)30-19(21,22)23/h2-9H,1H3,(H,26,27). The van der Waals surface area contributed by atoms with E-state index in [0.29, 0.717) is 10.6 Å². The second kappa shape index (κ2) is 8.07. The minimum absolute atomic E-state index is 0.00605. The fraction of sp³-hybridized carbons (Fsp3) is 0.105. The van der Waals surface area contributed by atoms with E-state index in [2.05, 4.69) is 9.84 Å². The van der Waals surface area contributed by atoms with Crippen molar-refractivity contribution < 1.29 is 37.3 Å². The molecule has 7 nitrogen and oxygen atoms in total. The molecule has 156 valence electrons. The van der Waals surface area contributed by atoms with Crippen molar-refractivity contribution in [2.75, 3.05) is 7.11 Å². The second-order valence-electron chi connectivity index (χ2n) is 5.83. The van der Waals surface area contributed by atoms with Crippen LogP contribution < -0.4 is 4.74 Å². The molecule has 11 heteroatoms. The number of carboxylic acids is 1. The van der Waals surface area contributed by atoms with Crippen LogP contribution in [-0.4, -0.2) is 40.3 Å². The van der Waals surface area contributed by atoms with Gasteiger partial charge in [0.25, 0.3) is 0 Å². The van der Waals surface area contributed by atoms with Crippen LogP contribution in [0, 0.1) is 0 Å². The van der Waals surface area contributed by atoms with E-state index in [1.165, 1.54) is 36.4 Å². The summed E-state index contributed by atoms with van der Waals surface area (Å²) >= 11 is 5.87. The Morgan fingerprint density at radius 2 is 1.67 bits per heavy atom. The highest BCUT2D eigenvalue weighted by Crippen LogP contribution is 2.30. The molecule has 0 bridgehead atoms. The molecule has 1 heterocycles. The van der Waals surface area contributed by atoms with E-state index < -0.39 is 29.7 Å². The number of alkyl halides is 3. The summed E-state index contributed by atoms with van der Waals surface area (Å²) in [6.45, 7) is 0. The summed E-state index contributed by atoms with van der Waals surface area (Å²) in [7, 11) is 1.08. The summed E-state index contributed by atoms with van der Waals surface area (Å²) in [5.74, 6) is -2.93. The van der Waals surface area contributed by atoms with Crippen LogP contribution in [0.15, 0.2) is 48.5 Å². The molecule has 0 atom stereocenters. The number of methoxy groups -OCH3 is 1. The number of aromatic carboxylic acids is 1. The molecule has 30 heavy (non-hydrogen) atoms. The molecule has 0 aliphatic carbocycles. The maximum absolute atomic E-state index is 12.4. The van der Waals surface area contributed by atoms with Gasteiger partial charge in [0.2, 0.25) is 0 Å². The quantitative estimate of drug-likeness (QED) is 0.584. The van der Waals surface area contributed by atoms with Gasteiger partial charge in [0.05, 0.1) is 12.8 Å². The van der Waals surface area contributed by atoms with Crippen molar-refractivity contribution in [3.05, 3.63) is 64.8 Å². The number of carbonyl (C=O) groups is 2. The fourth-order valence-corrected chi connectivity index (χ4v) is 2.82. The van der Waals surface area contributed by atoms with Crippen molar-refractivity contribution in [1.82, 2.24) is 9.78 Å². The van der Waals surface area contributed by atoms with E-state index in [1.807, 2.05) is 0 Å². The Balaban J connectivity index is 2.18. The highest BCUT2D eigenvalue weighted by Gasteiger charge is 2.32. The normalized spacial score (nSPS) is 11.2. The second-order valence-corrected chi connectivity index (χ2v) is 6.27. The molecule has 0 spiro atoms. The first-order chi connectivity index (χ1) is 14.1. The average molecular weight is 441 g/mol. The van der Waals surface area contributed by atoms with E-state index in [-0.39, 0.29) is 16.9 Å². The minimum Gasteiger partial charge on any atom is -0.476 e. The number of nitrogens with zero attached hydrogens (tertiary/aromatic N) is 2. The summed E-state index contributed by atoms with van der Waals surface area (Å²) in [6, 6.07) is 10.5. The van der Waals surface area contributed by atoms with Crippen molar-refractivity contribution in [3.63, 3.8) is 0 Å². The Labute approximate surface area is 172 Å². The molecule has 0 unspecified atom stereocenters. The number of ether oxygens (including phenoxy) is 2. The zero-order valence-electron chi connectivity index (χ0n) is 15.1. The largest absolute Gasteiger partial charge is 0.573 e. The van der Waals surface area contributed by atoms with Gasteiger partial charge in [0.15, 0.2) is 5.69 Å². The lowest BCUT2D eigenvalue weighted by atomic mass is 10.1. The number of hydrogen-bond acceptors (Lipinski definition) is 5. The van der Waals surface area contributed by atoms with Crippen LogP contribution in [0.5, 0.6) is 5.75 Å². The third-order valence-corrected chi connectivity index (χ3v) is 4.16. The van der Waals surface area contributed by atoms with Gasteiger partial charge in [-0.25, -0.2) is 14.3 Å². The summed E-state index contributed by atoms with van der Waals surface area (Å²) in [4.78, 5) is 24.3. The zero-order valence-corrected chi connectivity index (χ0v) is 15.9. The molecule has 3 rings (SSSR count). The SMILES string of the molecule is COC(=O)c1c(-c2ccc(Cl)cc2)nn(-c2ccc(OC(F)(F)F)cc2)c1C(=O)O. The van der Waals surface area contributed by atoms with E-state index in [4.69, 9.17) is 16.3 Å². The summed E-state index contributed by atoms with van der Waals surface area (Å²) in [6.07, 6.45) is -4.88. The first-order valence-corrected chi connectivity index (χ1v) is 8.55. The van der Waals surface area contributed by atoms with Crippen LogP contribution >= 0.6 is 11.6 Å². The van der Waals surface area contributed by atoms with Crippen molar-refractivity contribution in [2.45, 2.75) is 6.36 Å². The molecule has 1 N–H and O–H groups in total. The van der Waals surface area contributed by atoms with Gasteiger partial charge in [-0.05, 0) is 36.4 Å². The van der Waals surface area contributed by atoms with Gasteiger partial charge in [0.1, 0.15) is 17.0 Å². The fourth-order valence-electron chi connectivity index (χ4n) is 2.70. The van der Waals surface area contributed by atoms with Crippen LogP contribution in [0.3, 0.4) is 0 Å². The monoisotopic (exact) mass is 440 g/mol. The molecule has 0 saturated carbocycles. The predicted octanol–water partition coefficient (Wildman–Crippen LogP) is 4.58. The van der Waals surface area contributed by atoms with Crippen molar-refractivity contribution in [1.29, 1.82) is 0 Å². The molecule has 2 aromatic carbocycles. The minimum atomic E-state index is -4.88. The first kappa shape index (κ1) is 21.2. The summed E-state index contributed by atoms with van der Waals surface area (Å²) in [5, 5.41) is 14.3. The number of carbonyl (C=O) groups excluding carboxylic acids is 1. The van der Waals surface area contributed by atoms with Crippen LogP contribution in [0.1, 0.15) is 20.8 Å². The maximum Gasteiger partial charge on any atom is 0.573 e. The van der Waals surface area contributed by atoms with Gasteiger partial charge in [-0.15, -0.1) is 13.2 Å². The first-order valence-electron chi connectivity index (χ1n) is 8.17. The summed E-state index contributed by atoms with van der Waals surface area (Å²) in [5.41, 5.74) is -0.351. The molecule has 0 aliphatic rings. The summed E-state index contributed by atoms with van der Waals surface area (Å²) < 4.78 is 46.5. The molecule has 0 saturated heterocycles. The smallest absolute Gasteiger partial charge is 0.476 e. The highest BCUT2D eigenvalue weighted by molar-refractivity contribution is 6.30. The number of aromatic nitrogens is 2. The number of rotatable bonds is 5. The van der Waals surface area contributed by atoms with Gasteiger partial charge >= 0.3 is 18.3 Å². The Morgan fingerprint density at radius 3 is 2.17 bits per heavy atom. The van der Waals surface area contributed by atoms with Crippen molar-refractivity contribution in [3.8, 4) is 22.7 Å². The molecule has 0 amide bonds. The van der Waals surface area contributed by atoms with Gasteiger partial charge in [-0.1, -0.05) is 23.7 Å². The Morgan fingerprint density at radius 1 is 1.07 bits per heavy atom. The highest BCUT2D eigenvalue weighted by atomic mass is 35.5. The number of halogens is 4. The maximum atomic E-state index is 12.4. The third-order valence-electron chi connectivity index (χ3n) is 3.91. The van der Waals surface area contributed by atoms with Crippen LogP contribution in [0.2, 0.25) is 5.02 Å². The van der Waals surface area contributed by atoms with Crippen LogP contribution in [0.25, 0.3) is 16.9 Å². The average Bonchev–Trinajstić information content (AvgIpc) is 3.08. The number of carboxylic acid groups (broad SMARTS) is 1. The van der Waals surface area contributed by atoms with Crippen LogP contribution in [0.4, 0.5) is 13.2 Å². The number of hydrogen-bond donors (Lipinski definition) is 1. The van der Waals surface area contributed by atoms with Gasteiger partial charge in [-0.3, -0.25) is 0 Å². The molecular weight excluding hydrogens is 429 g/mol. The van der Waals surface area contributed by atoms with Crippen molar-refractivity contribution >= 4 is 23.5 Å². The van der Waals surface area contributed by atoms with Gasteiger partial charge < -0.3 is 14.6 Å². The van der Waals surface area contributed by atoms with Gasteiger partial charge in [0, 0.05) is 10.6 Å². The van der Waals surface area contributed by atoms with Crippen LogP contribution in [-0.2, 0) is 4.74 Å². The van der Waals surface area contributed by atoms with E-state index in [1.54, 1.807) is 0 Å². The Kier molecular flexibility index (Phi) is 5.70. The lowest BCUT2D eigenvalue weighted by molar-refractivity contribution is -0.274. The zero-order chi connectivity index (χ0) is 22.1. The topological polar surface area (TPSA) is 90.6 Å². The molecule has 0 fully saturated rings. The van der Waals surface area contributed by atoms with E-state index in [0.717, 1.165) is 23.9 Å². The lowest BCUT2D eigenvalue weighted by Gasteiger charge is -2.10. The Bertz CT molecular complexity index is 1090. The molecule has 1 aromatic heterocycles. The van der Waals surface area contributed by atoms with Crippen molar-refractivity contribution in [2.24, 2.45) is 0 Å². The van der Waals surface area contributed by atoms with E-state index in [9.17, 15) is 27.9 Å². The molecule has 0 radical (unpaired) electrons. The molecular formula is C19H12ClF3N2O5. The molecule has 0 aliphatic heterocycles. The number of benzene rings is 2. The Hall–Kier alpha value is -3.53. The van der Waals surface area contributed by atoms with Gasteiger partial charge in [-0.2, -0.15) is 5.10 Å².